The molecule has 0 aliphatic rings. The van der Waals surface area contributed by atoms with Crippen LogP contribution in [0.15, 0.2) is 84.9 Å². The first-order chi connectivity index (χ1) is 22.0. The summed E-state index contributed by atoms with van der Waals surface area (Å²) in [4.78, 5) is 20.9. The number of aromatic nitrogens is 4. The molecule has 3 aromatic heterocycles. The first kappa shape index (κ1) is 29.6. The van der Waals surface area contributed by atoms with Gasteiger partial charge in [-0.2, -0.15) is 0 Å². The van der Waals surface area contributed by atoms with Gasteiger partial charge in [0.15, 0.2) is 0 Å². The quantitative estimate of drug-likeness (QED) is 0.147. The zero-order valence-electron chi connectivity index (χ0n) is 27.7. The van der Waals surface area contributed by atoms with E-state index < -0.39 is 0 Å². The maximum absolute atomic E-state index is 5.83. The number of rotatable bonds is 4. The Labute approximate surface area is 269 Å². The van der Waals surface area contributed by atoms with Gasteiger partial charge in [-0.1, -0.05) is 65.8 Å². The van der Waals surface area contributed by atoms with E-state index in [1.807, 2.05) is 36.4 Å². The predicted molar refractivity (Wildman–Crippen MR) is 189 cm³/mol. The lowest BCUT2D eigenvalue weighted by atomic mass is 9.85. The standard InChI is InChI=1S/C40H38N4O2/c1-39(2,3)23-13-19-33(45-7)27(21-23)29-17-15-25-35(41-29)36-26(38-37(25)43-31-11-9-10-12-32(31)44-38)16-18-30(42-36)28-22-24(40(4,5)6)14-20-34(28)46-8/h9-22H,1-8H3. The number of para-hydroxylation sites is 2. The van der Waals surface area contributed by atoms with Gasteiger partial charge in [-0.05, 0) is 82.6 Å². The molecule has 0 N–H and O–H groups in total. The fraction of sp³-hybridized carbons (Fsp3) is 0.250. The van der Waals surface area contributed by atoms with Crippen molar-refractivity contribution in [3.63, 3.8) is 0 Å². The lowest BCUT2D eigenvalue weighted by molar-refractivity contribution is 0.415. The van der Waals surface area contributed by atoms with E-state index in [-0.39, 0.29) is 10.8 Å². The van der Waals surface area contributed by atoms with Crippen molar-refractivity contribution >= 4 is 43.9 Å². The highest BCUT2D eigenvalue weighted by molar-refractivity contribution is 6.22. The van der Waals surface area contributed by atoms with Crippen LogP contribution in [0, 0.1) is 0 Å². The van der Waals surface area contributed by atoms with Crippen LogP contribution in [-0.2, 0) is 10.8 Å². The molecule has 46 heavy (non-hydrogen) atoms. The maximum Gasteiger partial charge on any atom is 0.128 e. The summed E-state index contributed by atoms with van der Waals surface area (Å²) >= 11 is 0. The number of pyridine rings is 2. The molecule has 0 spiro atoms. The molecule has 6 nitrogen and oxygen atoms in total. The van der Waals surface area contributed by atoms with Crippen LogP contribution >= 0.6 is 0 Å². The Balaban J connectivity index is 1.58. The Bertz CT molecular complexity index is 2150. The summed E-state index contributed by atoms with van der Waals surface area (Å²) in [5.41, 5.74) is 10.7. The second-order valence-corrected chi connectivity index (χ2v) is 13.9. The number of benzene rings is 4. The monoisotopic (exact) mass is 606 g/mol. The molecule has 0 aliphatic carbocycles. The average Bonchev–Trinajstić information content (AvgIpc) is 3.05. The van der Waals surface area contributed by atoms with Crippen molar-refractivity contribution < 1.29 is 9.47 Å². The van der Waals surface area contributed by atoms with Crippen LogP contribution in [0.1, 0.15) is 52.7 Å². The van der Waals surface area contributed by atoms with Gasteiger partial charge in [0.2, 0.25) is 0 Å². The van der Waals surface area contributed by atoms with Gasteiger partial charge >= 0.3 is 0 Å². The minimum absolute atomic E-state index is 0.0332. The summed E-state index contributed by atoms with van der Waals surface area (Å²) in [5.74, 6) is 1.54. The smallest absolute Gasteiger partial charge is 0.128 e. The molecule has 0 bridgehead atoms. The number of hydrogen-bond donors (Lipinski definition) is 0. The van der Waals surface area contributed by atoms with Gasteiger partial charge in [0.1, 0.15) is 11.5 Å². The molecule has 4 aromatic carbocycles. The van der Waals surface area contributed by atoms with Crippen LogP contribution in [0.3, 0.4) is 0 Å². The molecular formula is C40H38N4O2. The van der Waals surface area contributed by atoms with E-state index in [4.69, 9.17) is 29.4 Å². The summed E-state index contributed by atoms with van der Waals surface area (Å²) in [6.07, 6.45) is 0. The Morgan fingerprint density at radius 3 is 1.22 bits per heavy atom. The van der Waals surface area contributed by atoms with Gasteiger partial charge < -0.3 is 9.47 Å². The maximum atomic E-state index is 5.83. The summed E-state index contributed by atoms with van der Waals surface area (Å²) in [6.45, 7) is 13.3. The van der Waals surface area contributed by atoms with Crippen molar-refractivity contribution in [2.24, 2.45) is 0 Å². The summed E-state index contributed by atoms with van der Waals surface area (Å²) in [5, 5.41) is 1.80. The third-order valence-electron chi connectivity index (χ3n) is 8.78. The number of fused-ring (bicyclic) bond motifs is 7. The van der Waals surface area contributed by atoms with Crippen LogP contribution in [0.2, 0.25) is 0 Å². The molecule has 0 amide bonds. The lowest BCUT2D eigenvalue weighted by Gasteiger charge is -2.21. The SMILES string of the molecule is COc1ccc(C(C)(C)C)cc1-c1ccc2c(n1)c1nc(-c3cc(C(C)(C)C)ccc3OC)ccc1c1nc3ccccc3nc21. The molecule has 0 unspecified atom stereocenters. The van der Waals surface area contributed by atoms with Crippen molar-refractivity contribution in [1.29, 1.82) is 0 Å². The Morgan fingerprint density at radius 2 is 0.848 bits per heavy atom. The predicted octanol–water partition coefficient (Wildman–Crippen LogP) is 9.83. The number of ether oxygens (including phenoxy) is 2. The second-order valence-electron chi connectivity index (χ2n) is 13.9. The van der Waals surface area contributed by atoms with Gasteiger partial charge in [0.25, 0.3) is 0 Å². The number of nitrogens with zero attached hydrogens (tertiary/aromatic N) is 4. The largest absolute Gasteiger partial charge is 0.496 e. The number of hydrogen-bond acceptors (Lipinski definition) is 6. The zero-order valence-corrected chi connectivity index (χ0v) is 27.7. The van der Waals surface area contributed by atoms with E-state index >= 15 is 0 Å². The lowest BCUT2D eigenvalue weighted by Crippen LogP contribution is -2.11. The summed E-state index contributed by atoms with van der Waals surface area (Å²) in [6, 6.07) is 29.0. The first-order valence-corrected chi connectivity index (χ1v) is 15.6. The van der Waals surface area contributed by atoms with Crippen molar-refractivity contribution in [2.45, 2.75) is 52.4 Å². The molecule has 230 valence electrons. The van der Waals surface area contributed by atoms with Crippen LogP contribution in [-0.4, -0.2) is 34.2 Å². The van der Waals surface area contributed by atoms with Gasteiger partial charge in [0, 0.05) is 21.9 Å². The van der Waals surface area contributed by atoms with Crippen LogP contribution < -0.4 is 9.47 Å². The van der Waals surface area contributed by atoms with E-state index in [0.717, 1.165) is 77.9 Å². The molecule has 7 aromatic rings. The zero-order chi connectivity index (χ0) is 32.4. The van der Waals surface area contributed by atoms with Crippen molar-refractivity contribution in [1.82, 2.24) is 19.9 Å². The fourth-order valence-electron chi connectivity index (χ4n) is 6.09. The molecule has 0 fully saturated rings. The van der Waals surface area contributed by atoms with E-state index in [9.17, 15) is 0 Å². The van der Waals surface area contributed by atoms with Gasteiger partial charge in [-0.15, -0.1) is 0 Å². The van der Waals surface area contributed by atoms with Crippen molar-refractivity contribution in [3.8, 4) is 34.0 Å². The fourth-order valence-corrected chi connectivity index (χ4v) is 6.09. The Kier molecular flexibility index (Phi) is 6.93. The third-order valence-corrected chi connectivity index (χ3v) is 8.78. The molecule has 6 heteroatoms. The van der Waals surface area contributed by atoms with E-state index in [2.05, 4.69) is 90.1 Å². The molecule has 7 rings (SSSR count). The molecule has 0 saturated heterocycles. The van der Waals surface area contributed by atoms with Gasteiger partial charge in [-0.25, -0.2) is 19.9 Å². The normalized spacial score (nSPS) is 12.3. The highest BCUT2D eigenvalue weighted by Gasteiger charge is 2.22. The van der Waals surface area contributed by atoms with Crippen LogP contribution in [0.5, 0.6) is 11.5 Å². The molecule has 0 radical (unpaired) electrons. The molecule has 0 saturated carbocycles. The van der Waals surface area contributed by atoms with E-state index in [1.165, 1.54) is 11.1 Å². The van der Waals surface area contributed by atoms with E-state index in [0.29, 0.717) is 0 Å². The molecule has 3 heterocycles. The minimum atomic E-state index is -0.0332. The highest BCUT2D eigenvalue weighted by atomic mass is 16.5. The van der Waals surface area contributed by atoms with Crippen molar-refractivity contribution in [2.75, 3.05) is 14.2 Å². The highest BCUT2D eigenvalue weighted by Crippen LogP contribution is 2.40. The average molecular weight is 607 g/mol. The summed E-state index contributed by atoms with van der Waals surface area (Å²) < 4.78 is 11.7. The van der Waals surface area contributed by atoms with Gasteiger partial charge in [-0.3, -0.25) is 0 Å². The first-order valence-electron chi connectivity index (χ1n) is 15.6. The molecular weight excluding hydrogens is 568 g/mol. The van der Waals surface area contributed by atoms with Crippen LogP contribution in [0.25, 0.3) is 66.4 Å². The van der Waals surface area contributed by atoms with E-state index in [1.54, 1.807) is 14.2 Å². The van der Waals surface area contributed by atoms with Crippen molar-refractivity contribution in [3.05, 3.63) is 96.1 Å². The van der Waals surface area contributed by atoms with Crippen LogP contribution in [0.4, 0.5) is 0 Å². The number of methoxy groups -OCH3 is 2. The topological polar surface area (TPSA) is 70.0 Å². The second kappa shape index (κ2) is 10.8. The summed E-state index contributed by atoms with van der Waals surface area (Å²) in [7, 11) is 3.40. The van der Waals surface area contributed by atoms with Gasteiger partial charge in [0.05, 0.1) is 58.7 Å². The third kappa shape index (κ3) is 4.98. The minimum Gasteiger partial charge on any atom is -0.496 e. The Hall–Kier alpha value is -5.10. The molecule has 0 atom stereocenters. The molecule has 0 aliphatic heterocycles. The Morgan fingerprint density at radius 1 is 0.457 bits per heavy atom.